The maximum Gasteiger partial charge on any atom is 0.251 e. The number of anilines is 1. The topological polar surface area (TPSA) is 96.9 Å². The first-order valence-corrected chi connectivity index (χ1v) is 11.8. The summed E-state index contributed by atoms with van der Waals surface area (Å²) in [5, 5.41) is 6.92. The van der Waals surface area contributed by atoms with Gasteiger partial charge in [-0.1, -0.05) is 17.8 Å². The van der Waals surface area contributed by atoms with Crippen LogP contribution in [0.15, 0.2) is 23.2 Å². The second kappa shape index (κ2) is 7.44. The van der Waals surface area contributed by atoms with Crippen molar-refractivity contribution in [2.45, 2.75) is 37.2 Å². The lowest BCUT2D eigenvalue weighted by Crippen LogP contribution is -2.31. The van der Waals surface area contributed by atoms with Crippen LogP contribution in [-0.4, -0.2) is 61.5 Å². The fourth-order valence-corrected chi connectivity index (χ4v) is 7.21. The molecule has 0 aromatic heterocycles. The van der Waals surface area contributed by atoms with Gasteiger partial charge in [0, 0.05) is 29.7 Å². The summed E-state index contributed by atoms with van der Waals surface area (Å²) in [6, 6.07) is 5.35. The summed E-state index contributed by atoms with van der Waals surface area (Å²) < 4.78 is 28.9. The van der Waals surface area contributed by atoms with Crippen LogP contribution < -0.4 is 10.6 Å². The van der Waals surface area contributed by atoms with E-state index in [0.717, 1.165) is 35.9 Å². The zero-order valence-corrected chi connectivity index (χ0v) is 16.7. The highest BCUT2D eigenvalue weighted by atomic mass is 32.2. The smallest absolute Gasteiger partial charge is 0.251 e. The number of hydrogen-bond acceptors (Lipinski definition) is 7. The first-order valence-electron chi connectivity index (χ1n) is 9.12. The van der Waals surface area contributed by atoms with Crippen molar-refractivity contribution in [3.05, 3.63) is 29.3 Å². The number of rotatable bonds is 4. The molecule has 1 aromatic carbocycles. The summed E-state index contributed by atoms with van der Waals surface area (Å²) in [6.45, 7) is 3.25. The number of nitrogens with zero attached hydrogens (tertiary/aromatic N) is 1. The van der Waals surface area contributed by atoms with Gasteiger partial charge in [-0.25, -0.2) is 8.42 Å². The van der Waals surface area contributed by atoms with Gasteiger partial charge >= 0.3 is 0 Å². The van der Waals surface area contributed by atoms with Gasteiger partial charge in [0.25, 0.3) is 5.91 Å². The largest absolute Gasteiger partial charge is 0.376 e. The van der Waals surface area contributed by atoms with Crippen LogP contribution in [0.3, 0.4) is 0 Å². The van der Waals surface area contributed by atoms with Crippen molar-refractivity contribution < 1.29 is 17.9 Å². The summed E-state index contributed by atoms with van der Waals surface area (Å²) in [7, 11) is -2.96. The number of aryl methyl sites for hydroxylation is 1. The van der Waals surface area contributed by atoms with Crippen molar-refractivity contribution in [1.82, 2.24) is 5.32 Å². The maximum absolute atomic E-state index is 12.4. The molecule has 0 saturated carbocycles. The number of fused-ring (bicyclic) bond motifs is 1. The molecule has 3 unspecified atom stereocenters. The predicted molar refractivity (Wildman–Crippen MR) is 107 cm³/mol. The second-order valence-corrected chi connectivity index (χ2v) is 10.6. The summed E-state index contributed by atoms with van der Waals surface area (Å²) in [6.07, 6.45) is 2.13. The normalized spacial score (nSPS) is 28.6. The first kappa shape index (κ1) is 18.8. The van der Waals surface area contributed by atoms with Crippen LogP contribution in [-0.2, 0) is 14.6 Å². The zero-order valence-electron chi connectivity index (χ0n) is 15.1. The Bertz CT molecular complexity index is 879. The number of benzene rings is 1. The maximum atomic E-state index is 12.4. The molecule has 3 aliphatic heterocycles. The molecule has 2 saturated heterocycles. The number of carbonyl (C=O) groups is 1. The minimum Gasteiger partial charge on any atom is -0.376 e. The van der Waals surface area contributed by atoms with Gasteiger partial charge in [0.15, 0.2) is 15.0 Å². The molecule has 3 aliphatic rings. The molecule has 2 N–H and O–H groups in total. The van der Waals surface area contributed by atoms with Gasteiger partial charge in [-0.05, 0) is 37.5 Å². The van der Waals surface area contributed by atoms with Crippen LogP contribution in [0.4, 0.5) is 5.69 Å². The number of aliphatic imine (C=N–C) groups is 1. The molecule has 1 amide bonds. The standard InChI is InChI=1S/C18H23N3O4S2/c1-11-4-5-12(17(22)19-8-13-3-2-6-25-13)7-14(11)20-18-21-15-9-27(23,24)10-16(15)26-18/h4-5,7,13,15-16H,2-3,6,8-10H2,1H3,(H,19,22)(H,20,21). The third-order valence-electron chi connectivity index (χ3n) is 5.07. The summed E-state index contributed by atoms with van der Waals surface area (Å²) in [5.41, 5.74) is 2.39. The van der Waals surface area contributed by atoms with Gasteiger partial charge in [-0.15, -0.1) is 0 Å². The average Bonchev–Trinajstić information content (AvgIpc) is 3.29. The van der Waals surface area contributed by atoms with Crippen LogP contribution in [0.5, 0.6) is 0 Å². The fraction of sp³-hybridized carbons (Fsp3) is 0.556. The molecule has 0 radical (unpaired) electrons. The Balaban J connectivity index is 1.41. The Morgan fingerprint density at radius 2 is 2.22 bits per heavy atom. The molecule has 9 heteroatoms. The summed E-state index contributed by atoms with van der Waals surface area (Å²) in [4.78, 5) is 17.0. The van der Waals surface area contributed by atoms with E-state index in [1.54, 1.807) is 6.07 Å². The number of nitrogens with one attached hydrogen (secondary N) is 2. The average molecular weight is 410 g/mol. The highest BCUT2D eigenvalue weighted by Gasteiger charge is 2.42. The van der Waals surface area contributed by atoms with E-state index in [2.05, 4.69) is 15.6 Å². The Kier molecular flexibility index (Phi) is 5.17. The van der Waals surface area contributed by atoms with Gasteiger partial charge in [0.05, 0.1) is 23.7 Å². The first-order chi connectivity index (χ1) is 12.9. The lowest BCUT2D eigenvalue weighted by Gasteiger charge is -2.13. The quantitative estimate of drug-likeness (QED) is 0.784. The van der Waals surface area contributed by atoms with E-state index in [-0.39, 0.29) is 34.8 Å². The van der Waals surface area contributed by atoms with Crippen LogP contribution in [0.25, 0.3) is 0 Å². The van der Waals surface area contributed by atoms with E-state index in [0.29, 0.717) is 12.1 Å². The van der Waals surface area contributed by atoms with Crippen molar-refractivity contribution >= 4 is 38.4 Å². The third-order valence-corrected chi connectivity index (χ3v) is 8.22. The van der Waals surface area contributed by atoms with Crippen LogP contribution >= 0.6 is 11.8 Å². The Morgan fingerprint density at radius 3 is 2.96 bits per heavy atom. The summed E-state index contributed by atoms with van der Waals surface area (Å²) >= 11 is 1.47. The molecular formula is C18H23N3O4S2. The van der Waals surface area contributed by atoms with E-state index in [1.165, 1.54) is 11.8 Å². The molecule has 1 aromatic rings. The van der Waals surface area contributed by atoms with E-state index in [4.69, 9.17) is 4.74 Å². The van der Waals surface area contributed by atoms with Crippen LogP contribution in [0.1, 0.15) is 28.8 Å². The van der Waals surface area contributed by atoms with Gasteiger partial charge < -0.3 is 15.4 Å². The molecular weight excluding hydrogens is 386 g/mol. The Morgan fingerprint density at radius 1 is 1.37 bits per heavy atom. The number of ether oxygens (including phenoxy) is 1. The molecule has 3 heterocycles. The van der Waals surface area contributed by atoms with Gasteiger partial charge in [-0.2, -0.15) is 0 Å². The van der Waals surface area contributed by atoms with E-state index in [9.17, 15) is 13.2 Å². The predicted octanol–water partition coefficient (Wildman–Crippen LogP) is 1.58. The molecule has 2 fully saturated rings. The van der Waals surface area contributed by atoms with Crippen molar-refractivity contribution in [3.63, 3.8) is 0 Å². The van der Waals surface area contributed by atoms with Crippen molar-refractivity contribution in [2.75, 3.05) is 30.0 Å². The second-order valence-electron chi connectivity index (χ2n) is 7.23. The molecule has 0 bridgehead atoms. The SMILES string of the molecule is Cc1ccc(C(=O)NCC2CCCO2)cc1NC1=NC2CS(=O)(=O)CC2S1. The Labute approximate surface area is 163 Å². The highest BCUT2D eigenvalue weighted by molar-refractivity contribution is 8.15. The summed E-state index contributed by atoms with van der Waals surface area (Å²) in [5.74, 6) is 0.180. The lowest BCUT2D eigenvalue weighted by atomic mass is 10.1. The Hall–Kier alpha value is -1.58. The van der Waals surface area contributed by atoms with Gasteiger partial charge in [0.2, 0.25) is 0 Å². The van der Waals surface area contributed by atoms with Crippen molar-refractivity contribution in [3.8, 4) is 0 Å². The monoisotopic (exact) mass is 409 g/mol. The van der Waals surface area contributed by atoms with Crippen molar-refractivity contribution in [2.24, 2.45) is 4.99 Å². The fourth-order valence-electron chi connectivity index (χ4n) is 3.54. The number of hydrogen-bond donors (Lipinski definition) is 2. The van der Waals surface area contributed by atoms with E-state index in [1.807, 2.05) is 19.1 Å². The van der Waals surface area contributed by atoms with Crippen LogP contribution in [0.2, 0.25) is 0 Å². The molecule has 27 heavy (non-hydrogen) atoms. The molecule has 0 spiro atoms. The number of carbonyl (C=O) groups excluding carboxylic acids is 1. The molecule has 7 nitrogen and oxygen atoms in total. The third kappa shape index (κ3) is 4.30. The van der Waals surface area contributed by atoms with Gasteiger partial charge in [-0.3, -0.25) is 9.79 Å². The number of amides is 1. The zero-order chi connectivity index (χ0) is 19.0. The number of sulfone groups is 1. The van der Waals surface area contributed by atoms with E-state index < -0.39 is 9.84 Å². The highest BCUT2D eigenvalue weighted by Crippen LogP contribution is 2.35. The minimum atomic E-state index is -2.96. The van der Waals surface area contributed by atoms with Crippen molar-refractivity contribution in [1.29, 1.82) is 0 Å². The van der Waals surface area contributed by atoms with E-state index >= 15 is 0 Å². The molecule has 3 atom stereocenters. The van der Waals surface area contributed by atoms with Gasteiger partial charge in [0.1, 0.15) is 0 Å². The number of amidine groups is 1. The van der Waals surface area contributed by atoms with Crippen LogP contribution in [0, 0.1) is 6.92 Å². The lowest BCUT2D eigenvalue weighted by molar-refractivity contribution is 0.0858. The molecule has 146 valence electrons. The minimum absolute atomic E-state index is 0.00398. The molecule has 4 rings (SSSR count). The molecule has 0 aliphatic carbocycles. The number of thioether (sulfide) groups is 1.